The van der Waals surface area contributed by atoms with Crippen molar-refractivity contribution in [1.29, 1.82) is 0 Å². The lowest BCUT2D eigenvalue weighted by atomic mass is 9.74. The van der Waals surface area contributed by atoms with Crippen molar-refractivity contribution >= 4 is 0 Å². The summed E-state index contributed by atoms with van der Waals surface area (Å²) in [5, 5.41) is 3.67. The van der Waals surface area contributed by atoms with E-state index in [2.05, 4.69) is 56.0 Å². The Morgan fingerprint density at radius 3 is 2.67 bits per heavy atom. The van der Waals surface area contributed by atoms with Crippen molar-refractivity contribution in [2.75, 3.05) is 0 Å². The quantitative estimate of drug-likeness (QED) is 0.928. The third kappa shape index (κ3) is 3.81. The molecule has 0 saturated carbocycles. The van der Waals surface area contributed by atoms with Gasteiger partial charge < -0.3 is 5.32 Å². The second kappa shape index (κ2) is 6.25. The fraction of sp³-hybridized carbons (Fsp3) is 0.550. The van der Waals surface area contributed by atoms with E-state index in [1.165, 1.54) is 11.3 Å². The van der Waals surface area contributed by atoms with Gasteiger partial charge in [-0.2, -0.15) is 0 Å². The van der Waals surface area contributed by atoms with Crippen LogP contribution >= 0.6 is 0 Å². The average molecular weight is 324 g/mol. The molecule has 1 aliphatic carbocycles. The molecule has 0 fully saturated rings. The minimum atomic E-state index is -0.0203. The Morgan fingerprint density at radius 1 is 1.21 bits per heavy atom. The first kappa shape index (κ1) is 17.0. The molecule has 2 aromatic heterocycles. The molecule has 3 rings (SSSR count). The van der Waals surface area contributed by atoms with E-state index in [0.29, 0.717) is 0 Å². The molecule has 4 nitrogen and oxygen atoms in total. The highest BCUT2D eigenvalue weighted by Gasteiger charge is 2.34. The van der Waals surface area contributed by atoms with Crippen molar-refractivity contribution in [3.8, 4) is 0 Å². The van der Waals surface area contributed by atoms with Gasteiger partial charge in [-0.1, -0.05) is 40.7 Å². The maximum atomic E-state index is 4.92. The summed E-state index contributed by atoms with van der Waals surface area (Å²) in [6.07, 6.45) is 5.98. The van der Waals surface area contributed by atoms with Gasteiger partial charge in [0.05, 0.1) is 5.69 Å². The van der Waals surface area contributed by atoms with Crippen molar-refractivity contribution in [2.45, 2.75) is 65.5 Å². The zero-order valence-corrected chi connectivity index (χ0v) is 15.4. The van der Waals surface area contributed by atoms with Gasteiger partial charge in [0.2, 0.25) is 0 Å². The van der Waals surface area contributed by atoms with Crippen LogP contribution in [0.4, 0.5) is 0 Å². The van der Waals surface area contributed by atoms with Crippen molar-refractivity contribution < 1.29 is 0 Å². The van der Waals surface area contributed by atoms with E-state index >= 15 is 0 Å². The topological polar surface area (TPSA) is 50.7 Å². The van der Waals surface area contributed by atoms with Crippen LogP contribution in [0.1, 0.15) is 69.9 Å². The molecule has 0 saturated heterocycles. The SMILES string of the molecule is CC1(C)Cc2nc(C(C)(C)C)ncc2C(NCc2ccccn2)C1. The zero-order chi connectivity index (χ0) is 17.4. The van der Waals surface area contributed by atoms with Gasteiger partial charge in [0.25, 0.3) is 0 Å². The van der Waals surface area contributed by atoms with Gasteiger partial charge in [-0.3, -0.25) is 4.98 Å². The maximum Gasteiger partial charge on any atom is 0.133 e. The Kier molecular flexibility index (Phi) is 4.43. The van der Waals surface area contributed by atoms with Gasteiger partial charge in [-0.05, 0) is 30.4 Å². The van der Waals surface area contributed by atoms with E-state index in [-0.39, 0.29) is 16.9 Å². The summed E-state index contributed by atoms with van der Waals surface area (Å²) in [7, 11) is 0. The monoisotopic (exact) mass is 324 g/mol. The molecule has 0 radical (unpaired) electrons. The number of nitrogens with zero attached hydrogens (tertiary/aromatic N) is 3. The highest BCUT2D eigenvalue weighted by Crippen LogP contribution is 2.40. The fourth-order valence-corrected chi connectivity index (χ4v) is 3.32. The molecule has 0 aliphatic heterocycles. The normalized spacial score (nSPS) is 19.8. The van der Waals surface area contributed by atoms with Crippen molar-refractivity contribution in [2.24, 2.45) is 5.41 Å². The maximum absolute atomic E-state index is 4.92. The molecule has 1 unspecified atom stereocenters. The number of aromatic nitrogens is 3. The molecule has 1 N–H and O–H groups in total. The molecule has 0 bridgehead atoms. The molecule has 24 heavy (non-hydrogen) atoms. The summed E-state index contributed by atoms with van der Waals surface area (Å²) < 4.78 is 0. The predicted octanol–water partition coefficient (Wildman–Crippen LogP) is 3.97. The highest BCUT2D eigenvalue weighted by molar-refractivity contribution is 5.28. The summed E-state index contributed by atoms with van der Waals surface area (Å²) in [5.74, 6) is 0.933. The predicted molar refractivity (Wildman–Crippen MR) is 96.7 cm³/mol. The van der Waals surface area contributed by atoms with E-state index in [0.717, 1.165) is 30.9 Å². The average Bonchev–Trinajstić information content (AvgIpc) is 2.51. The number of pyridine rings is 1. The standard InChI is InChI=1S/C20H28N4/c1-19(2,3)18-23-13-15-16(10-20(4,5)11-17(15)24-18)22-12-14-8-6-7-9-21-14/h6-9,13,16,22H,10-12H2,1-5H3. The molecule has 1 aliphatic rings. The number of hydrogen-bond donors (Lipinski definition) is 1. The molecular weight excluding hydrogens is 296 g/mol. The van der Waals surface area contributed by atoms with Crippen LogP contribution in [0, 0.1) is 5.41 Å². The van der Waals surface area contributed by atoms with Gasteiger partial charge in [0.1, 0.15) is 5.82 Å². The van der Waals surface area contributed by atoms with Crippen LogP contribution in [0.25, 0.3) is 0 Å². The largest absolute Gasteiger partial charge is 0.304 e. The molecule has 0 aromatic carbocycles. The van der Waals surface area contributed by atoms with Gasteiger partial charge in [0.15, 0.2) is 0 Å². The zero-order valence-electron chi connectivity index (χ0n) is 15.4. The first-order valence-corrected chi connectivity index (χ1v) is 8.74. The lowest BCUT2D eigenvalue weighted by Gasteiger charge is -2.37. The van der Waals surface area contributed by atoms with Crippen molar-refractivity contribution in [3.63, 3.8) is 0 Å². The third-order valence-corrected chi connectivity index (χ3v) is 4.60. The number of fused-ring (bicyclic) bond motifs is 1. The molecule has 0 spiro atoms. The lowest BCUT2D eigenvalue weighted by Crippen LogP contribution is -2.35. The summed E-state index contributed by atoms with van der Waals surface area (Å²) in [6.45, 7) is 11.9. The van der Waals surface area contributed by atoms with Crippen LogP contribution in [-0.2, 0) is 18.4 Å². The number of hydrogen-bond acceptors (Lipinski definition) is 4. The Balaban J connectivity index is 1.86. The van der Waals surface area contributed by atoms with Gasteiger partial charge in [-0.15, -0.1) is 0 Å². The van der Waals surface area contributed by atoms with Crippen LogP contribution in [0.2, 0.25) is 0 Å². The van der Waals surface area contributed by atoms with Crippen LogP contribution in [0.5, 0.6) is 0 Å². The molecule has 2 aromatic rings. The van der Waals surface area contributed by atoms with E-state index in [4.69, 9.17) is 4.98 Å². The van der Waals surface area contributed by atoms with Crippen molar-refractivity contribution in [3.05, 3.63) is 53.4 Å². The summed E-state index contributed by atoms with van der Waals surface area (Å²) >= 11 is 0. The minimum absolute atomic E-state index is 0.0203. The molecule has 4 heteroatoms. The Labute approximate surface area is 145 Å². The minimum Gasteiger partial charge on any atom is -0.304 e. The van der Waals surface area contributed by atoms with Crippen LogP contribution in [0.15, 0.2) is 30.6 Å². The fourth-order valence-electron chi connectivity index (χ4n) is 3.32. The van der Waals surface area contributed by atoms with Gasteiger partial charge in [0, 0.05) is 41.7 Å². The smallest absolute Gasteiger partial charge is 0.133 e. The van der Waals surface area contributed by atoms with Gasteiger partial charge >= 0.3 is 0 Å². The summed E-state index contributed by atoms with van der Waals surface area (Å²) in [5.41, 5.74) is 3.73. The van der Waals surface area contributed by atoms with E-state index in [9.17, 15) is 0 Å². The highest BCUT2D eigenvalue weighted by atomic mass is 15.0. The second-order valence-corrected chi connectivity index (χ2v) is 8.65. The Morgan fingerprint density at radius 2 is 2.00 bits per heavy atom. The molecule has 0 amide bonds. The van der Waals surface area contributed by atoms with E-state index in [1.54, 1.807) is 0 Å². The lowest BCUT2D eigenvalue weighted by molar-refractivity contribution is 0.251. The van der Waals surface area contributed by atoms with Gasteiger partial charge in [-0.25, -0.2) is 9.97 Å². The molecule has 128 valence electrons. The number of nitrogens with one attached hydrogen (secondary N) is 1. The summed E-state index contributed by atoms with van der Waals surface area (Å²) in [4.78, 5) is 14.0. The first-order valence-electron chi connectivity index (χ1n) is 8.74. The Bertz CT molecular complexity index is 701. The second-order valence-electron chi connectivity index (χ2n) is 8.65. The van der Waals surface area contributed by atoms with Crippen LogP contribution in [-0.4, -0.2) is 15.0 Å². The number of rotatable bonds is 3. The van der Waals surface area contributed by atoms with Crippen LogP contribution in [0.3, 0.4) is 0 Å². The van der Waals surface area contributed by atoms with Crippen molar-refractivity contribution in [1.82, 2.24) is 20.3 Å². The van der Waals surface area contributed by atoms with Crippen LogP contribution < -0.4 is 5.32 Å². The first-order chi connectivity index (χ1) is 11.2. The molecular formula is C20H28N4. The molecule has 1 atom stereocenters. The third-order valence-electron chi connectivity index (χ3n) is 4.60. The molecule has 2 heterocycles. The Hall–Kier alpha value is -1.81. The summed E-state index contributed by atoms with van der Waals surface area (Å²) in [6, 6.07) is 6.31. The van der Waals surface area contributed by atoms with E-state index in [1.807, 2.05) is 24.5 Å². The van der Waals surface area contributed by atoms with E-state index < -0.39 is 0 Å².